The average Bonchev–Trinajstić information content (AvgIpc) is 3.12. The van der Waals surface area contributed by atoms with E-state index >= 15 is 0 Å². The fraction of sp³-hybridized carbons (Fsp3) is 0.310. The number of carbonyl (C=O) groups excluding carboxylic acids is 1. The summed E-state index contributed by atoms with van der Waals surface area (Å²) in [4.78, 5) is 20.7. The van der Waals surface area contributed by atoms with E-state index in [9.17, 15) is 4.79 Å². The van der Waals surface area contributed by atoms with Crippen molar-refractivity contribution in [1.29, 1.82) is 0 Å². The van der Waals surface area contributed by atoms with Crippen molar-refractivity contribution in [3.63, 3.8) is 0 Å². The smallest absolute Gasteiger partial charge is 0.266 e. The lowest BCUT2D eigenvalue weighted by atomic mass is 10.0. The number of hydrogen-bond acceptors (Lipinski definition) is 4. The molecule has 0 spiro atoms. The van der Waals surface area contributed by atoms with Crippen molar-refractivity contribution in [2.24, 2.45) is 10.9 Å². The molecule has 1 aliphatic heterocycles. The van der Waals surface area contributed by atoms with Crippen LogP contribution in [0.1, 0.15) is 44.7 Å². The zero-order chi connectivity index (χ0) is 24.1. The molecule has 0 bridgehead atoms. The third kappa shape index (κ3) is 5.53. The van der Waals surface area contributed by atoms with Crippen LogP contribution in [0.15, 0.2) is 70.6 Å². The minimum absolute atomic E-state index is 0.0218. The molecule has 0 unspecified atom stereocenters. The fourth-order valence-electron chi connectivity index (χ4n) is 3.78. The number of ether oxygens (including phenoxy) is 1. The molecule has 1 amide bonds. The Morgan fingerprint density at radius 2 is 1.76 bits per heavy atom. The Morgan fingerprint density at radius 3 is 2.47 bits per heavy atom. The molecule has 0 saturated carbocycles. The first-order valence-corrected chi connectivity index (χ1v) is 12.8. The Bertz CT molecular complexity index is 1230. The van der Waals surface area contributed by atoms with Crippen LogP contribution < -0.4 is 4.74 Å². The van der Waals surface area contributed by atoms with E-state index < -0.39 is 0 Å². The minimum Gasteiger partial charge on any atom is -0.493 e. The summed E-state index contributed by atoms with van der Waals surface area (Å²) in [6.07, 6.45) is 3.96. The molecule has 4 nitrogen and oxygen atoms in total. The van der Waals surface area contributed by atoms with Gasteiger partial charge in [0.25, 0.3) is 5.91 Å². The maximum Gasteiger partial charge on any atom is 0.266 e. The van der Waals surface area contributed by atoms with Gasteiger partial charge in [-0.15, -0.1) is 0 Å². The molecule has 1 saturated heterocycles. The van der Waals surface area contributed by atoms with Gasteiger partial charge in [-0.2, -0.15) is 0 Å². The van der Waals surface area contributed by atoms with Gasteiger partial charge in [-0.05, 0) is 66.2 Å². The van der Waals surface area contributed by atoms with Gasteiger partial charge in [0, 0.05) is 11.9 Å². The van der Waals surface area contributed by atoms with Crippen molar-refractivity contribution in [3.05, 3.63) is 76.7 Å². The van der Waals surface area contributed by atoms with Crippen molar-refractivity contribution in [3.8, 4) is 5.75 Å². The summed E-state index contributed by atoms with van der Waals surface area (Å²) in [5, 5.41) is 2.88. The van der Waals surface area contributed by atoms with E-state index in [1.54, 1.807) is 0 Å². The summed E-state index contributed by atoms with van der Waals surface area (Å²) in [5.41, 5.74) is 3.06. The van der Waals surface area contributed by atoms with Crippen LogP contribution in [-0.4, -0.2) is 29.1 Å². The highest BCUT2D eigenvalue weighted by Crippen LogP contribution is 2.37. The lowest BCUT2D eigenvalue weighted by molar-refractivity contribution is -0.122. The second kappa shape index (κ2) is 10.9. The van der Waals surface area contributed by atoms with E-state index in [0.29, 0.717) is 24.0 Å². The van der Waals surface area contributed by atoms with Crippen LogP contribution in [0, 0.1) is 12.8 Å². The number of rotatable bonds is 8. The summed E-state index contributed by atoms with van der Waals surface area (Å²) in [6.45, 7) is 9.82. The van der Waals surface area contributed by atoms with Gasteiger partial charge < -0.3 is 4.74 Å². The van der Waals surface area contributed by atoms with Crippen LogP contribution in [0.4, 0.5) is 5.69 Å². The van der Waals surface area contributed by atoms with Crippen LogP contribution in [0.5, 0.6) is 5.75 Å². The van der Waals surface area contributed by atoms with Crippen LogP contribution in [0.2, 0.25) is 0 Å². The Hall–Kier alpha value is -3.05. The average molecular weight is 473 g/mol. The van der Waals surface area contributed by atoms with Crippen LogP contribution in [0.3, 0.4) is 0 Å². The summed E-state index contributed by atoms with van der Waals surface area (Å²) in [6, 6.07) is 20.4. The number of amides is 1. The van der Waals surface area contributed by atoms with Gasteiger partial charge >= 0.3 is 0 Å². The molecule has 3 aromatic carbocycles. The van der Waals surface area contributed by atoms with E-state index in [2.05, 4.69) is 39.8 Å². The van der Waals surface area contributed by atoms with Crippen LogP contribution in [0.25, 0.3) is 16.8 Å². The monoisotopic (exact) mass is 472 g/mol. The van der Waals surface area contributed by atoms with Gasteiger partial charge in [-0.1, -0.05) is 75.2 Å². The van der Waals surface area contributed by atoms with Crippen molar-refractivity contribution in [1.82, 2.24) is 4.90 Å². The van der Waals surface area contributed by atoms with Crippen molar-refractivity contribution in [2.45, 2.75) is 40.5 Å². The predicted octanol–water partition coefficient (Wildman–Crippen LogP) is 7.59. The second-order valence-corrected chi connectivity index (χ2v) is 10.1. The maximum absolute atomic E-state index is 13.4. The highest BCUT2D eigenvalue weighted by molar-refractivity contribution is 8.18. The Kier molecular flexibility index (Phi) is 7.73. The van der Waals surface area contributed by atoms with E-state index in [1.165, 1.54) is 17.3 Å². The molecular formula is C29H32N2O2S. The molecule has 0 aliphatic carbocycles. The van der Waals surface area contributed by atoms with Crippen molar-refractivity contribution >= 4 is 45.4 Å². The first-order chi connectivity index (χ1) is 16.5. The minimum atomic E-state index is 0.0218. The highest BCUT2D eigenvalue weighted by Gasteiger charge is 2.33. The van der Waals surface area contributed by atoms with Crippen molar-refractivity contribution in [2.75, 3.05) is 13.2 Å². The molecule has 4 rings (SSSR count). The van der Waals surface area contributed by atoms with Gasteiger partial charge in [0.2, 0.25) is 0 Å². The summed E-state index contributed by atoms with van der Waals surface area (Å²) in [7, 11) is 0. The number of unbranched alkanes of at least 4 members (excludes halogenated alkanes) is 1. The lowest BCUT2D eigenvalue weighted by Crippen LogP contribution is -2.30. The maximum atomic E-state index is 13.4. The Morgan fingerprint density at radius 1 is 1.03 bits per heavy atom. The van der Waals surface area contributed by atoms with Gasteiger partial charge in [0.05, 0.1) is 17.2 Å². The molecule has 5 heteroatoms. The van der Waals surface area contributed by atoms with Gasteiger partial charge in [-0.25, -0.2) is 4.99 Å². The Balaban J connectivity index is 1.70. The molecule has 1 heterocycles. The number of nitrogens with zero attached hydrogens (tertiary/aromatic N) is 2. The van der Waals surface area contributed by atoms with Gasteiger partial charge in [-0.3, -0.25) is 9.69 Å². The summed E-state index contributed by atoms with van der Waals surface area (Å²) >= 11 is 1.45. The number of thioether (sulfide) groups is 1. The zero-order valence-electron chi connectivity index (χ0n) is 20.4. The third-order valence-corrected chi connectivity index (χ3v) is 6.67. The number of fused-ring (bicyclic) bond motifs is 1. The lowest BCUT2D eigenvalue weighted by Gasteiger charge is -2.15. The van der Waals surface area contributed by atoms with E-state index in [-0.39, 0.29) is 5.91 Å². The fourth-order valence-corrected chi connectivity index (χ4v) is 4.79. The number of hydrogen-bond donors (Lipinski definition) is 0. The Labute approximate surface area is 206 Å². The summed E-state index contributed by atoms with van der Waals surface area (Å²) in [5.74, 6) is 1.35. The van der Waals surface area contributed by atoms with Crippen molar-refractivity contribution < 1.29 is 9.53 Å². The number of benzene rings is 3. The first-order valence-electron chi connectivity index (χ1n) is 12.0. The molecule has 0 atom stereocenters. The van der Waals surface area contributed by atoms with E-state index in [0.717, 1.165) is 45.8 Å². The molecule has 176 valence electrons. The molecule has 1 aliphatic rings. The predicted molar refractivity (Wildman–Crippen MR) is 145 cm³/mol. The van der Waals surface area contributed by atoms with Gasteiger partial charge in [0.15, 0.2) is 5.17 Å². The molecule has 1 fully saturated rings. The molecule has 0 radical (unpaired) electrons. The molecular weight excluding hydrogens is 440 g/mol. The summed E-state index contributed by atoms with van der Waals surface area (Å²) < 4.78 is 6.06. The zero-order valence-corrected chi connectivity index (χ0v) is 21.2. The van der Waals surface area contributed by atoms with Crippen LogP contribution >= 0.6 is 11.8 Å². The van der Waals surface area contributed by atoms with E-state index in [4.69, 9.17) is 9.73 Å². The SMILES string of the molecule is CCCCN1C(=O)/C(=C\c2ccc(OCC(C)C)c3ccccc23)SC1=Nc1ccc(C)cc1. The van der Waals surface area contributed by atoms with Crippen LogP contribution in [-0.2, 0) is 4.79 Å². The number of aryl methyl sites for hydroxylation is 1. The third-order valence-electron chi connectivity index (χ3n) is 5.66. The quantitative estimate of drug-likeness (QED) is 0.317. The topological polar surface area (TPSA) is 41.9 Å². The molecule has 3 aromatic rings. The standard InChI is InChI=1S/C29H32N2O2S/c1-5-6-17-31-28(32)27(34-29(31)30-23-14-11-21(4)12-15-23)18-22-13-16-26(33-19-20(2)3)25-10-8-7-9-24(22)25/h7-16,18,20H,5-6,17,19H2,1-4H3/b27-18+,30-29?. The molecule has 34 heavy (non-hydrogen) atoms. The number of aliphatic imine (C=N–C) groups is 1. The molecule has 0 aromatic heterocycles. The molecule has 0 N–H and O–H groups in total. The normalized spacial score (nSPS) is 16.4. The van der Waals surface area contributed by atoms with E-state index in [1.807, 2.05) is 59.5 Å². The highest BCUT2D eigenvalue weighted by atomic mass is 32.2. The number of amidine groups is 1. The largest absolute Gasteiger partial charge is 0.493 e. The number of carbonyl (C=O) groups is 1. The second-order valence-electron chi connectivity index (χ2n) is 9.05. The first kappa shape index (κ1) is 24.1. The van der Waals surface area contributed by atoms with Gasteiger partial charge in [0.1, 0.15) is 5.75 Å².